The summed E-state index contributed by atoms with van der Waals surface area (Å²) in [6.45, 7) is 2.26. The van der Waals surface area contributed by atoms with Crippen LogP contribution in [0, 0.1) is 11.3 Å². The van der Waals surface area contributed by atoms with E-state index >= 15 is 0 Å². The Morgan fingerprint density at radius 1 is 1.18 bits per heavy atom. The van der Waals surface area contributed by atoms with E-state index in [9.17, 15) is 8.78 Å². The van der Waals surface area contributed by atoms with Crippen molar-refractivity contribution in [3.05, 3.63) is 42.0 Å². The molecule has 2 aliphatic carbocycles. The molecule has 0 bridgehead atoms. The Labute approximate surface area is 134 Å². The van der Waals surface area contributed by atoms with E-state index in [2.05, 4.69) is 31.2 Å². The average Bonchev–Trinajstić information content (AvgIpc) is 2.41. The van der Waals surface area contributed by atoms with Crippen molar-refractivity contribution in [2.24, 2.45) is 11.3 Å². The molecule has 0 saturated heterocycles. The second-order valence-electron chi connectivity index (χ2n) is 7.43. The smallest absolute Gasteiger partial charge is 0.174 e. The van der Waals surface area contributed by atoms with Crippen LogP contribution < -0.4 is 5.19 Å². The summed E-state index contributed by atoms with van der Waals surface area (Å²) < 4.78 is 24.5. The highest BCUT2D eigenvalue weighted by atomic mass is 28.2. The van der Waals surface area contributed by atoms with Gasteiger partial charge in [-0.3, -0.25) is 0 Å². The van der Waals surface area contributed by atoms with Crippen molar-refractivity contribution in [2.45, 2.75) is 57.4 Å². The van der Waals surface area contributed by atoms with E-state index in [4.69, 9.17) is 0 Å². The van der Waals surface area contributed by atoms with Crippen LogP contribution in [0.25, 0.3) is 0 Å². The molecule has 22 heavy (non-hydrogen) atoms. The molecule has 1 aromatic carbocycles. The molecule has 0 heterocycles. The molecule has 0 aliphatic heterocycles. The van der Waals surface area contributed by atoms with E-state index in [-0.39, 0.29) is 15.4 Å². The fourth-order valence-electron chi connectivity index (χ4n) is 4.44. The highest BCUT2D eigenvalue weighted by Gasteiger charge is 2.52. The highest BCUT2D eigenvalue weighted by molar-refractivity contribution is 6.53. The minimum absolute atomic E-state index is 0.0622. The van der Waals surface area contributed by atoms with Crippen LogP contribution in [-0.2, 0) is 0 Å². The van der Waals surface area contributed by atoms with Crippen LogP contribution in [0.3, 0.4) is 0 Å². The quantitative estimate of drug-likeness (QED) is 0.524. The SMILES string of the molecule is CCCC[SiH2]c1ccc(C2CC3(CC(C=C(F)F)C3)C2)cc1. The number of hydrogen-bond acceptors (Lipinski definition) is 0. The summed E-state index contributed by atoms with van der Waals surface area (Å²) in [6, 6.07) is 10.7. The van der Waals surface area contributed by atoms with Gasteiger partial charge in [0.05, 0.1) is 9.52 Å². The second kappa shape index (κ2) is 6.65. The molecular formula is C19H26F2Si. The van der Waals surface area contributed by atoms with E-state index in [1.54, 1.807) is 5.19 Å². The van der Waals surface area contributed by atoms with Gasteiger partial charge in [-0.05, 0) is 54.6 Å². The Morgan fingerprint density at radius 3 is 2.45 bits per heavy atom. The van der Waals surface area contributed by atoms with Gasteiger partial charge >= 0.3 is 0 Å². The minimum atomic E-state index is -1.50. The molecule has 1 spiro atoms. The lowest BCUT2D eigenvalue weighted by Crippen LogP contribution is -2.46. The molecule has 2 saturated carbocycles. The maximum atomic E-state index is 12.2. The monoisotopic (exact) mass is 320 g/mol. The zero-order valence-electron chi connectivity index (χ0n) is 13.5. The van der Waals surface area contributed by atoms with Crippen molar-refractivity contribution in [1.82, 2.24) is 0 Å². The molecule has 120 valence electrons. The zero-order valence-corrected chi connectivity index (χ0v) is 14.9. The summed E-state index contributed by atoms with van der Waals surface area (Å²) >= 11 is 0. The normalized spacial score (nSPS) is 30.3. The molecule has 0 atom stereocenters. The summed E-state index contributed by atoms with van der Waals surface area (Å²) in [5, 5.41) is 1.58. The van der Waals surface area contributed by atoms with Gasteiger partial charge in [-0.25, -0.2) is 0 Å². The van der Waals surface area contributed by atoms with E-state index < -0.39 is 6.08 Å². The van der Waals surface area contributed by atoms with Crippen LogP contribution in [-0.4, -0.2) is 9.52 Å². The third-order valence-electron chi connectivity index (χ3n) is 5.63. The molecule has 0 aromatic heterocycles. The first-order valence-electron chi connectivity index (χ1n) is 8.72. The van der Waals surface area contributed by atoms with E-state index in [1.807, 2.05) is 0 Å². The summed E-state index contributed by atoms with van der Waals surface area (Å²) in [4.78, 5) is 0. The van der Waals surface area contributed by atoms with Gasteiger partial charge < -0.3 is 0 Å². The van der Waals surface area contributed by atoms with Gasteiger partial charge in [0.25, 0.3) is 6.08 Å². The van der Waals surface area contributed by atoms with Crippen LogP contribution in [0.5, 0.6) is 0 Å². The fourth-order valence-corrected chi connectivity index (χ4v) is 6.17. The van der Waals surface area contributed by atoms with Crippen LogP contribution in [0.1, 0.15) is 56.9 Å². The van der Waals surface area contributed by atoms with Gasteiger partial charge in [-0.1, -0.05) is 55.3 Å². The molecule has 0 N–H and O–H groups in total. The van der Waals surface area contributed by atoms with Crippen molar-refractivity contribution in [1.29, 1.82) is 0 Å². The van der Waals surface area contributed by atoms with Crippen molar-refractivity contribution < 1.29 is 8.78 Å². The molecular weight excluding hydrogens is 294 g/mol. The van der Waals surface area contributed by atoms with E-state index in [1.165, 1.54) is 37.3 Å². The number of rotatable bonds is 6. The molecule has 2 fully saturated rings. The number of allylic oxidation sites excluding steroid dienone is 1. The lowest BCUT2D eigenvalue weighted by molar-refractivity contribution is -0.0244. The molecule has 0 nitrogen and oxygen atoms in total. The predicted octanol–water partition coefficient (Wildman–Crippen LogP) is 4.75. The van der Waals surface area contributed by atoms with Crippen LogP contribution in [0.15, 0.2) is 36.4 Å². The van der Waals surface area contributed by atoms with Crippen molar-refractivity contribution >= 4 is 14.7 Å². The van der Waals surface area contributed by atoms with Gasteiger partial charge in [-0.15, -0.1) is 0 Å². The van der Waals surface area contributed by atoms with Crippen molar-refractivity contribution in [3.63, 3.8) is 0 Å². The summed E-state index contributed by atoms with van der Waals surface area (Å²) in [5.74, 6) is 0.810. The zero-order chi connectivity index (χ0) is 15.6. The topological polar surface area (TPSA) is 0 Å². The minimum Gasteiger partial charge on any atom is -0.174 e. The largest absolute Gasteiger partial charge is 0.266 e. The molecule has 3 heteroatoms. The van der Waals surface area contributed by atoms with Gasteiger partial charge in [0.1, 0.15) is 0 Å². The summed E-state index contributed by atoms with van der Waals surface area (Å²) in [6.07, 6.45) is 6.69. The number of hydrogen-bond donors (Lipinski definition) is 0. The Bertz CT molecular complexity index is 517. The second-order valence-corrected chi connectivity index (χ2v) is 9.45. The first kappa shape index (κ1) is 15.9. The summed E-state index contributed by atoms with van der Waals surface area (Å²) in [7, 11) is -0.0622. The van der Waals surface area contributed by atoms with Gasteiger partial charge in [-0.2, -0.15) is 8.78 Å². The molecule has 0 radical (unpaired) electrons. The van der Waals surface area contributed by atoms with Crippen LogP contribution in [0.4, 0.5) is 8.78 Å². The lowest BCUT2D eigenvalue weighted by Gasteiger charge is -2.57. The maximum absolute atomic E-state index is 12.2. The van der Waals surface area contributed by atoms with Crippen LogP contribution in [0.2, 0.25) is 6.04 Å². The number of unbranched alkanes of at least 4 members (excludes halogenated alkanes) is 1. The number of halogens is 2. The van der Waals surface area contributed by atoms with Crippen LogP contribution >= 0.6 is 0 Å². The molecule has 0 amide bonds. The van der Waals surface area contributed by atoms with Gasteiger partial charge in [0.2, 0.25) is 0 Å². The first-order valence-corrected chi connectivity index (χ1v) is 10.4. The Balaban J connectivity index is 1.46. The fraction of sp³-hybridized carbons (Fsp3) is 0.579. The van der Waals surface area contributed by atoms with Crippen molar-refractivity contribution in [3.8, 4) is 0 Å². The first-order chi connectivity index (χ1) is 10.6. The third-order valence-corrected chi connectivity index (χ3v) is 7.53. The molecule has 1 aromatic rings. The molecule has 3 rings (SSSR count). The Morgan fingerprint density at radius 2 is 1.86 bits per heavy atom. The summed E-state index contributed by atoms with van der Waals surface area (Å²) in [5.41, 5.74) is 1.87. The maximum Gasteiger partial charge on any atom is 0.266 e. The van der Waals surface area contributed by atoms with Gasteiger partial charge in [0, 0.05) is 0 Å². The van der Waals surface area contributed by atoms with Crippen molar-refractivity contribution in [2.75, 3.05) is 0 Å². The van der Waals surface area contributed by atoms with E-state index in [0.717, 1.165) is 18.9 Å². The van der Waals surface area contributed by atoms with Gasteiger partial charge in [0.15, 0.2) is 0 Å². The third kappa shape index (κ3) is 3.50. The Kier molecular flexibility index (Phi) is 4.81. The standard InChI is InChI=1S/C19H26F2Si/c1-2-3-8-22-17-6-4-15(5-7-17)16-12-19(13-16)10-14(11-19)9-18(20)21/h4-7,9,14,16H,2-3,8,10-13,22H2,1H3. The Hall–Kier alpha value is -0.963. The highest BCUT2D eigenvalue weighted by Crippen LogP contribution is 2.64. The van der Waals surface area contributed by atoms with E-state index in [0.29, 0.717) is 11.3 Å². The average molecular weight is 320 g/mol. The molecule has 0 unspecified atom stereocenters. The lowest BCUT2D eigenvalue weighted by atomic mass is 9.47. The number of benzene rings is 1. The molecule has 2 aliphatic rings. The predicted molar refractivity (Wildman–Crippen MR) is 91.8 cm³/mol.